The minimum Gasteiger partial charge on any atom is -0.448 e. The van der Waals surface area contributed by atoms with E-state index in [0.717, 1.165) is 24.8 Å². The molecule has 156 valence electrons. The highest BCUT2D eigenvalue weighted by Crippen LogP contribution is 2.52. The molecule has 10 heteroatoms. The molecule has 0 radical (unpaired) electrons. The van der Waals surface area contributed by atoms with Gasteiger partial charge in [0.15, 0.2) is 0 Å². The Morgan fingerprint density at radius 3 is 2.46 bits per heavy atom. The number of ether oxygens (including phenoxy) is 2. The number of aryl methyl sites for hydroxylation is 1. The van der Waals surface area contributed by atoms with Crippen LogP contribution in [0.5, 0.6) is 0 Å². The molecule has 1 N–H and O–H groups in total. The van der Waals surface area contributed by atoms with Crippen LogP contribution >= 0.6 is 0 Å². The van der Waals surface area contributed by atoms with E-state index in [4.69, 9.17) is 9.47 Å². The van der Waals surface area contributed by atoms with E-state index in [1.807, 2.05) is 0 Å². The van der Waals surface area contributed by atoms with Gasteiger partial charge in [-0.1, -0.05) is 6.42 Å². The first-order chi connectivity index (χ1) is 13.2. The molecule has 1 amide bonds. The van der Waals surface area contributed by atoms with Gasteiger partial charge in [-0.2, -0.15) is 5.10 Å². The van der Waals surface area contributed by atoms with Gasteiger partial charge in [0.2, 0.25) is 5.92 Å². The summed E-state index contributed by atoms with van der Waals surface area (Å²) in [6, 6.07) is 0. The summed E-state index contributed by atoms with van der Waals surface area (Å²) in [7, 11) is 1.62. The summed E-state index contributed by atoms with van der Waals surface area (Å²) in [6.45, 7) is -0.761. The fourth-order valence-electron chi connectivity index (χ4n) is 3.94. The third-order valence-electron chi connectivity index (χ3n) is 6.06. The van der Waals surface area contributed by atoms with E-state index in [0.29, 0.717) is 11.5 Å². The summed E-state index contributed by atoms with van der Waals surface area (Å²) >= 11 is 0. The zero-order valence-corrected chi connectivity index (χ0v) is 15.5. The van der Waals surface area contributed by atoms with Crippen LogP contribution in [0.1, 0.15) is 55.2 Å². The second-order valence-corrected chi connectivity index (χ2v) is 8.22. The van der Waals surface area contributed by atoms with Crippen LogP contribution in [0.2, 0.25) is 0 Å². The van der Waals surface area contributed by atoms with Gasteiger partial charge in [0.25, 0.3) is 6.43 Å². The zero-order valence-electron chi connectivity index (χ0n) is 15.5. The normalized spacial score (nSPS) is 23.6. The number of hydrogen-bond acceptors (Lipinski definition) is 4. The largest absolute Gasteiger partial charge is 0.448 e. The Kier molecular flexibility index (Phi) is 4.79. The minimum absolute atomic E-state index is 0.153. The monoisotopic (exact) mass is 405 g/mol. The molecule has 0 spiro atoms. The smallest absolute Gasteiger partial charge is 0.412 e. The SMILES string of the molecule is Cn1nc(C2CC(F)(F)C2)c(C2CCC2)c1NC(=O)OCC1(C(F)F)COC1. The van der Waals surface area contributed by atoms with Gasteiger partial charge in [0.05, 0.1) is 18.9 Å². The summed E-state index contributed by atoms with van der Waals surface area (Å²) in [5.74, 6) is -2.45. The van der Waals surface area contributed by atoms with E-state index in [1.54, 1.807) is 7.05 Å². The zero-order chi connectivity index (χ0) is 20.1. The van der Waals surface area contributed by atoms with Gasteiger partial charge in [0.1, 0.15) is 17.8 Å². The number of anilines is 1. The number of halogens is 4. The van der Waals surface area contributed by atoms with Crippen LogP contribution in [0.3, 0.4) is 0 Å². The molecule has 0 bridgehead atoms. The maximum atomic E-state index is 13.3. The van der Waals surface area contributed by atoms with Crippen molar-refractivity contribution in [1.82, 2.24) is 9.78 Å². The third kappa shape index (κ3) is 3.35. The second kappa shape index (κ2) is 6.89. The molecule has 3 aliphatic rings. The van der Waals surface area contributed by atoms with Crippen molar-refractivity contribution in [3.8, 4) is 0 Å². The van der Waals surface area contributed by atoms with Crippen molar-refractivity contribution in [3.05, 3.63) is 11.3 Å². The van der Waals surface area contributed by atoms with E-state index in [-0.39, 0.29) is 37.9 Å². The van der Waals surface area contributed by atoms with Gasteiger partial charge in [-0.25, -0.2) is 22.4 Å². The van der Waals surface area contributed by atoms with Gasteiger partial charge in [-0.15, -0.1) is 0 Å². The van der Waals surface area contributed by atoms with Crippen LogP contribution in [0, 0.1) is 5.41 Å². The van der Waals surface area contributed by atoms with Crippen molar-refractivity contribution >= 4 is 11.9 Å². The Balaban J connectivity index is 1.48. The lowest BCUT2D eigenvalue weighted by atomic mass is 9.73. The summed E-state index contributed by atoms with van der Waals surface area (Å²) < 4.78 is 64.3. The molecule has 6 nitrogen and oxygen atoms in total. The molecule has 0 atom stereocenters. The molecule has 1 aromatic rings. The van der Waals surface area contributed by atoms with Gasteiger partial charge >= 0.3 is 6.09 Å². The number of alkyl halides is 4. The first-order valence-corrected chi connectivity index (χ1v) is 9.45. The number of rotatable bonds is 6. The Bertz CT molecular complexity index is 752. The molecule has 2 aliphatic carbocycles. The standard InChI is InChI=1S/C18H23F4N3O3/c1-25-14(23-16(26)28-9-17(15(19)20)7-27-8-17)12(10-3-2-4-10)13(24-25)11-5-18(21,22)6-11/h10-11,15H,2-9H2,1H3,(H,23,26). The van der Waals surface area contributed by atoms with Crippen LogP contribution in [-0.2, 0) is 16.5 Å². The number of nitrogens with one attached hydrogen (secondary N) is 1. The van der Waals surface area contributed by atoms with E-state index in [9.17, 15) is 22.4 Å². The Morgan fingerprint density at radius 1 is 1.32 bits per heavy atom. The first kappa shape index (κ1) is 19.5. The summed E-state index contributed by atoms with van der Waals surface area (Å²) in [5.41, 5.74) is -0.0740. The number of hydrogen-bond donors (Lipinski definition) is 1. The summed E-state index contributed by atoms with van der Waals surface area (Å²) in [6.07, 6.45) is -1.17. The number of carbonyl (C=O) groups is 1. The number of carbonyl (C=O) groups excluding carboxylic acids is 1. The van der Waals surface area contributed by atoms with Crippen LogP contribution in [0.25, 0.3) is 0 Å². The topological polar surface area (TPSA) is 65.4 Å². The van der Waals surface area contributed by atoms with E-state index < -0.39 is 30.5 Å². The maximum absolute atomic E-state index is 13.3. The average molecular weight is 405 g/mol. The molecule has 28 heavy (non-hydrogen) atoms. The molecule has 2 saturated carbocycles. The highest BCUT2D eigenvalue weighted by atomic mass is 19.3. The van der Waals surface area contributed by atoms with Gasteiger partial charge in [0, 0.05) is 31.4 Å². The van der Waals surface area contributed by atoms with Crippen LogP contribution in [0.15, 0.2) is 0 Å². The quantitative estimate of drug-likeness (QED) is 0.726. The third-order valence-corrected chi connectivity index (χ3v) is 6.06. The van der Waals surface area contributed by atoms with E-state index in [2.05, 4.69) is 10.4 Å². The molecule has 1 aliphatic heterocycles. The maximum Gasteiger partial charge on any atom is 0.412 e. The number of nitrogens with zero attached hydrogens (tertiary/aromatic N) is 2. The average Bonchev–Trinajstić information content (AvgIpc) is 2.79. The van der Waals surface area contributed by atoms with Crippen LogP contribution in [0.4, 0.5) is 28.2 Å². The molecular formula is C18H23F4N3O3. The lowest BCUT2D eigenvalue weighted by molar-refractivity contribution is -0.202. The summed E-state index contributed by atoms with van der Waals surface area (Å²) in [5, 5.41) is 6.99. The first-order valence-electron chi connectivity index (χ1n) is 9.45. The number of aromatic nitrogens is 2. The van der Waals surface area contributed by atoms with Crippen LogP contribution in [-0.4, -0.2) is 48.0 Å². The molecule has 0 aromatic carbocycles. The predicted molar refractivity (Wildman–Crippen MR) is 90.9 cm³/mol. The minimum atomic E-state index is -2.67. The highest BCUT2D eigenvalue weighted by molar-refractivity contribution is 5.85. The molecule has 0 unspecified atom stereocenters. The fourth-order valence-corrected chi connectivity index (χ4v) is 3.94. The van der Waals surface area contributed by atoms with Crippen molar-refractivity contribution in [2.75, 3.05) is 25.1 Å². The van der Waals surface area contributed by atoms with E-state index in [1.165, 1.54) is 4.68 Å². The van der Waals surface area contributed by atoms with Crippen molar-refractivity contribution in [2.24, 2.45) is 12.5 Å². The van der Waals surface area contributed by atoms with Gasteiger partial charge in [-0.3, -0.25) is 10.00 Å². The second-order valence-electron chi connectivity index (χ2n) is 8.22. The van der Waals surface area contributed by atoms with Gasteiger partial charge in [-0.05, 0) is 18.8 Å². The molecule has 3 fully saturated rings. The Morgan fingerprint density at radius 2 is 2.00 bits per heavy atom. The van der Waals surface area contributed by atoms with Crippen molar-refractivity contribution in [2.45, 2.75) is 56.3 Å². The molecule has 2 heterocycles. The van der Waals surface area contributed by atoms with Crippen molar-refractivity contribution in [1.29, 1.82) is 0 Å². The lowest BCUT2D eigenvalue weighted by Crippen LogP contribution is -2.52. The molecule has 1 saturated heterocycles. The number of amides is 1. The van der Waals surface area contributed by atoms with Gasteiger partial charge < -0.3 is 9.47 Å². The summed E-state index contributed by atoms with van der Waals surface area (Å²) in [4.78, 5) is 12.2. The van der Waals surface area contributed by atoms with Crippen molar-refractivity contribution in [3.63, 3.8) is 0 Å². The molecule has 4 rings (SSSR count). The molecular weight excluding hydrogens is 382 g/mol. The highest BCUT2D eigenvalue weighted by Gasteiger charge is 2.50. The van der Waals surface area contributed by atoms with Crippen molar-refractivity contribution < 1.29 is 31.8 Å². The van der Waals surface area contributed by atoms with E-state index >= 15 is 0 Å². The van der Waals surface area contributed by atoms with Crippen LogP contribution < -0.4 is 5.32 Å². The fraction of sp³-hybridized carbons (Fsp3) is 0.778. The lowest BCUT2D eigenvalue weighted by Gasteiger charge is -2.39. The Hall–Kier alpha value is -1.84. The predicted octanol–water partition coefficient (Wildman–Crippen LogP) is 4.03. The Labute approximate surface area is 159 Å². The molecule has 1 aromatic heterocycles.